The lowest BCUT2D eigenvalue weighted by molar-refractivity contribution is 0.0477. The predicted molar refractivity (Wildman–Crippen MR) is 92.6 cm³/mol. The van der Waals surface area contributed by atoms with Crippen LogP contribution in [0.25, 0.3) is 5.70 Å². The van der Waals surface area contributed by atoms with E-state index in [1.54, 1.807) is 11.8 Å². The molecule has 1 saturated carbocycles. The molecular weight excluding hydrogens is 308 g/mol. The number of aromatic nitrogens is 1. The maximum atomic E-state index is 8.87. The summed E-state index contributed by atoms with van der Waals surface area (Å²) in [6, 6.07) is 14.4. The van der Waals surface area contributed by atoms with E-state index in [4.69, 9.17) is 9.94 Å². The van der Waals surface area contributed by atoms with Gasteiger partial charge in [0.2, 0.25) is 0 Å². The van der Waals surface area contributed by atoms with Crippen molar-refractivity contribution in [1.29, 1.82) is 0 Å². The molecule has 5 heteroatoms. The van der Waals surface area contributed by atoms with Gasteiger partial charge in [-0.15, -0.1) is 11.8 Å². The first kappa shape index (κ1) is 16.1. The first-order valence-electron chi connectivity index (χ1n) is 7.71. The summed E-state index contributed by atoms with van der Waals surface area (Å²) in [6.07, 6.45) is 3.99. The van der Waals surface area contributed by atoms with Gasteiger partial charge in [-0.2, -0.15) is 0 Å². The molecule has 1 heterocycles. The van der Waals surface area contributed by atoms with Gasteiger partial charge in [0.1, 0.15) is 5.03 Å². The molecule has 0 radical (unpaired) electrons. The van der Waals surface area contributed by atoms with E-state index in [2.05, 4.69) is 40.8 Å². The van der Waals surface area contributed by atoms with Crippen LogP contribution in [0.3, 0.4) is 0 Å². The van der Waals surface area contributed by atoms with Crippen molar-refractivity contribution in [3.05, 3.63) is 65.4 Å². The molecular formula is C18H20N2O2S. The SMILES string of the molecule is OCCONC(=C1CC1)c1cccnc1SCc1ccccc1. The molecule has 0 amide bonds. The Morgan fingerprint density at radius 3 is 2.74 bits per heavy atom. The van der Waals surface area contributed by atoms with Gasteiger partial charge in [-0.05, 0) is 36.1 Å². The quantitative estimate of drug-likeness (QED) is 0.442. The number of aliphatic hydroxyl groups excluding tert-OH is 1. The molecule has 0 spiro atoms. The monoisotopic (exact) mass is 328 g/mol. The molecule has 1 aromatic heterocycles. The Kier molecular flexibility index (Phi) is 5.69. The van der Waals surface area contributed by atoms with Crippen LogP contribution in [0.5, 0.6) is 0 Å². The lowest BCUT2D eigenvalue weighted by Crippen LogP contribution is -2.16. The number of hydrogen-bond acceptors (Lipinski definition) is 5. The van der Waals surface area contributed by atoms with E-state index < -0.39 is 0 Å². The van der Waals surface area contributed by atoms with Crippen molar-refractivity contribution in [2.45, 2.75) is 23.6 Å². The van der Waals surface area contributed by atoms with Crippen molar-refractivity contribution < 1.29 is 9.94 Å². The van der Waals surface area contributed by atoms with Crippen LogP contribution in [0, 0.1) is 0 Å². The second kappa shape index (κ2) is 8.15. The molecule has 0 atom stereocenters. The average Bonchev–Trinajstić information content (AvgIpc) is 3.43. The Morgan fingerprint density at radius 2 is 2.00 bits per heavy atom. The highest BCUT2D eigenvalue weighted by atomic mass is 32.2. The maximum absolute atomic E-state index is 8.87. The van der Waals surface area contributed by atoms with Crippen LogP contribution in [0.1, 0.15) is 24.0 Å². The molecule has 4 nitrogen and oxygen atoms in total. The van der Waals surface area contributed by atoms with Crippen LogP contribution in [-0.4, -0.2) is 23.3 Å². The minimum absolute atomic E-state index is 0.00172. The van der Waals surface area contributed by atoms with Gasteiger partial charge in [0.25, 0.3) is 0 Å². The Bertz CT molecular complexity index is 668. The fourth-order valence-corrected chi connectivity index (χ4v) is 3.18. The molecule has 3 rings (SSSR count). The molecule has 120 valence electrons. The minimum Gasteiger partial charge on any atom is -0.394 e. The Balaban J connectivity index is 1.75. The summed E-state index contributed by atoms with van der Waals surface area (Å²) in [7, 11) is 0. The largest absolute Gasteiger partial charge is 0.394 e. The molecule has 0 saturated heterocycles. The second-order valence-electron chi connectivity index (χ2n) is 5.28. The van der Waals surface area contributed by atoms with E-state index in [-0.39, 0.29) is 13.2 Å². The molecule has 0 unspecified atom stereocenters. The molecule has 1 fully saturated rings. The van der Waals surface area contributed by atoms with Gasteiger partial charge in [-0.25, -0.2) is 4.98 Å². The van der Waals surface area contributed by atoms with Crippen molar-refractivity contribution in [3.8, 4) is 0 Å². The standard InChI is InChI=1S/C18H20N2O2S/c21-11-12-22-20-17(15-8-9-15)16-7-4-10-19-18(16)23-13-14-5-2-1-3-6-14/h1-7,10,20-21H,8-9,11-13H2. The van der Waals surface area contributed by atoms with Crippen molar-refractivity contribution >= 4 is 17.5 Å². The highest BCUT2D eigenvalue weighted by Gasteiger charge is 2.21. The van der Waals surface area contributed by atoms with Crippen LogP contribution in [0.2, 0.25) is 0 Å². The maximum Gasteiger partial charge on any atom is 0.106 e. The summed E-state index contributed by atoms with van der Waals surface area (Å²) in [4.78, 5) is 9.86. The van der Waals surface area contributed by atoms with Crippen molar-refractivity contribution in [1.82, 2.24) is 10.5 Å². The number of nitrogens with zero attached hydrogens (tertiary/aromatic N) is 1. The van der Waals surface area contributed by atoms with Gasteiger partial charge in [-0.3, -0.25) is 10.3 Å². The van der Waals surface area contributed by atoms with E-state index in [0.717, 1.165) is 34.9 Å². The lowest BCUT2D eigenvalue weighted by atomic mass is 10.2. The zero-order valence-electron chi connectivity index (χ0n) is 12.9. The van der Waals surface area contributed by atoms with Crippen LogP contribution in [-0.2, 0) is 10.6 Å². The number of allylic oxidation sites excluding steroid dienone is 1. The number of aliphatic hydroxyl groups is 1. The third-order valence-electron chi connectivity index (χ3n) is 3.48. The van der Waals surface area contributed by atoms with Gasteiger partial charge in [-0.1, -0.05) is 30.3 Å². The third kappa shape index (κ3) is 4.58. The van der Waals surface area contributed by atoms with E-state index in [9.17, 15) is 0 Å². The number of hydroxylamine groups is 1. The summed E-state index contributed by atoms with van der Waals surface area (Å²) < 4.78 is 0. The summed E-state index contributed by atoms with van der Waals surface area (Å²) in [5.41, 5.74) is 7.70. The van der Waals surface area contributed by atoms with Crippen LogP contribution >= 0.6 is 11.8 Å². The number of nitrogens with one attached hydrogen (secondary N) is 1. The number of thioether (sulfide) groups is 1. The number of pyridine rings is 1. The fraction of sp³-hybridized carbons (Fsp3) is 0.278. The van der Waals surface area contributed by atoms with Crippen molar-refractivity contribution in [2.24, 2.45) is 0 Å². The summed E-state index contributed by atoms with van der Waals surface area (Å²) in [6.45, 7) is 0.266. The molecule has 0 bridgehead atoms. The summed E-state index contributed by atoms with van der Waals surface area (Å²) in [5.74, 6) is 0.880. The van der Waals surface area contributed by atoms with Gasteiger partial charge in [0.15, 0.2) is 0 Å². The Labute approximate surface area is 140 Å². The zero-order valence-corrected chi connectivity index (χ0v) is 13.7. The van der Waals surface area contributed by atoms with Crippen LogP contribution in [0.15, 0.2) is 59.3 Å². The van der Waals surface area contributed by atoms with E-state index in [1.807, 2.05) is 18.3 Å². The average molecular weight is 328 g/mol. The normalized spacial score (nSPS) is 13.0. The first-order valence-corrected chi connectivity index (χ1v) is 8.70. The van der Waals surface area contributed by atoms with E-state index >= 15 is 0 Å². The van der Waals surface area contributed by atoms with Crippen molar-refractivity contribution in [3.63, 3.8) is 0 Å². The summed E-state index contributed by atoms with van der Waals surface area (Å²) >= 11 is 1.72. The number of rotatable bonds is 8. The first-order chi connectivity index (χ1) is 11.4. The predicted octanol–water partition coefficient (Wildman–Crippen LogP) is 3.39. The van der Waals surface area contributed by atoms with Crippen LogP contribution in [0.4, 0.5) is 0 Å². The molecule has 1 aliphatic carbocycles. The Hall–Kier alpha value is -1.82. The van der Waals surface area contributed by atoms with Gasteiger partial charge in [0, 0.05) is 17.5 Å². The number of hydrogen-bond donors (Lipinski definition) is 2. The zero-order chi connectivity index (χ0) is 15.9. The fourth-order valence-electron chi connectivity index (χ4n) is 2.22. The Morgan fingerprint density at radius 1 is 1.17 bits per heavy atom. The minimum atomic E-state index is -0.00172. The summed E-state index contributed by atoms with van der Waals surface area (Å²) in [5, 5.41) is 9.86. The molecule has 1 aromatic carbocycles. The molecule has 1 aliphatic rings. The second-order valence-corrected chi connectivity index (χ2v) is 6.25. The smallest absolute Gasteiger partial charge is 0.106 e. The van der Waals surface area contributed by atoms with Crippen LogP contribution < -0.4 is 5.48 Å². The van der Waals surface area contributed by atoms with E-state index in [0.29, 0.717) is 0 Å². The van der Waals surface area contributed by atoms with Gasteiger partial charge in [0.05, 0.1) is 18.9 Å². The topological polar surface area (TPSA) is 54.4 Å². The van der Waals surface area contributed by atoms with Crippen molar-refractivity contribution in [2.75, 3.05) is 13.2 Å². The highest BCUT2D eigenvalue weighted by Crippen LogP contribution is 2.38. The van der Waals surface area contributed by atoms with E-state index in [1.165, 1.54) is 11.1 Å². The molecule has 23 heavy (non-hydrogen) atoms. The highest BCUT2D eigenvalue weighted by molar-refractivity contribution is 7.98. The molecule has 0 aliphatic heterocycles. The molecule has 2 N–H and O–H groups in total. The number of benzene rings is 1. The lowest BCUT2D eigenvalue weighted by Gasteiger charge is -2.14. The third-order valence-corrected chi connectivity index (χ3v) is 4.56. The van der Waals surface area contributed by atoms with Gasteiger partial charge < -0.3 is 5.11 Å². The molecule has 2 aromatic rings. The van der Waals surface area contributed by atoms with Gasteiger partial charge >= 0.3 is 0 Å².